The van der Waals surface area contributed by atoms with E-state index in [4.69, 9.17) is 11.0 Å². The molecule has 0 saturated heterocycles. The summed E-state index contributed by atoms with van der Waals surface area (Å²) in [7, 11) is 0. The zero-order chi connectivity index (χ0) is 12.1. The van der Waals surface area contributed by atoms with E-state index < -0.39 is 12.0 Å². The van der Waals surface area contributed by atoms with E-state index in [0.29, 0.717) is 11.3 Å². The number of primary amides is 1. The number of hydrogen-bond acceptors (Lipinski definition) is 4. The summed E-state index contributed by atoms with van der Waals surface area (Å²) >= 11 is 3.26. The van der Waals surface area contributed by atoms with Gasteiger partial charge in [0.25, 0.3) is 0 Å². The molecule has 0 aliphatic rings. The first-order valence-electron chi connectivity index (χ1n) is 4.45. The minimum Gasteiger partial charge on any atom is -0.381 e. The number of rotatable bonds is 4. The van der Waals surface area contributed by atoms with Crippen molar-refractivity contribution in [3.8, 4) is 6.07 Å². The van der Waals surface area contributed by atoms with E-state index in [1.165, 1.54) is 0 Å². The minimum atomic E-state index is -1.27. The highest BCUT2D eigenvalue weighted by atomic mass is 79.9. The van der Waals surface area contributed by atoms with Gasteiger partial charge in [0, 0.05) is 11.0 Å². The van der Waals surface area contributed by atoms with Crippen molar-refractivity contribution in [3.05, 3.63) is 28.2 Å². The largest absolute Gasteiger partial charge is 0.381 e. The molecule has 0 aliphatic carbocycles. The minimum absolute atomic E-state index is 0.0273. The zero-order valence-corrected chi connectivity index (χ0v) is 9.86. The molecule has 0 aromatic heterocycles. The third-order valence-electron chi connectivity index (χ3n) is 1.92. The molecule has 1 atom stereocenters. The molecule has 6 heteroatoms. The van der Waals surface area contributed by atoms with Crippen LogP contribution in [0.3, 0.4) is 0 Å². The number of benzene rings is 1. The molecule has 84 valence electrons. The monoisotopic (exact) mass is 283 g/mol. The van der Waals surface area contributed by atoms with Crippen molar-refractivity contribution in [2.75, 3.05) is 11.9 Å². The molecule has 4 N–H and O–H groups in total. The number of aliphatic hydroxyl groups is 1. The van der Waals surface area contributed by atoms with E-state index in [9.17, 15) is 9.90 Å². The molecule has 16 heavy (non-hydrogen) atoms. The fourth-order valence-corrected chi connectivity index (χ4v) is 1.43. The van der Waals surface area contributed by atoms with Crippen LogP contribution in [0.25, 0.3) is 0 Å². The fraction of sp³-hybridized carbons (Fsp3) is 0.200. The van der Waals surface area contributed by atoms with Crippen molar-refractivity contribution >= 4 is 27.5 Å². The number of nitrogens with zero attached hydrogens (tertiary/aromatic N) is 1. The molecule has 1 unspecified atom stereocenters. The van der Waals surface area contributed by atoms with Gasteiger partial charge >= 0.3 is 0 Å². The topological polar surface area (TPSA) is 99.1 Å². The fourth-order valence-electron chi connectivity index (χ4n) is 1.07. The third kappa shape index (κ3) is 3.22. The second kappa shape index (κ2) is 5.49. The molecule has 0 bridgehead atoms. The Kier molecular flexibility index (Phi) is 4.28. The van der Waals surface area contributed by atoms with Gasteiger partial charge < -0.3 is 16.2 Å². The van der Waals surface area contributed by atoms with E-state index in [0.717, 1.165) is 4.47 Å². The molecule has 1 aromatic carbocycles. The predicted molar refractivity (Wildman–Crippen MR) is 62.5 cm³/mol. The van der Waals surface area contributed by atoms with E-state index in [-0.39, 0.29) is 6.54 Å². The Morgan fingerprint density at radius 2 is 2.38 bits per heavy atom. The summed E-state index contributed by atoms with van der Waals surface area (Å²) < 4.78 is 0.794. The molecule has 0 spiro atoms. The molecule has 0 fully saturated rings. The summed E-state index contributed by atoms with van der Waals surface area (Å²) in [5.41, 5.74) is 5.87. The van der Waals surface area contributed by atoms with E-state index in [2.05, 4.69) is 21.2 Å². The first kappa shape index (κ1) is 12.5. The van der Waals surface area contributed by atoms with Gasteiger partial charge in [-0.25, -0.2) is 0 Å². The normalized spacial score (nSPS) is 11.6. The number of carbonyl (C=O) groups is 1. The first-order valence-corrected chi connectivity index (χ1v) is 5.25. The van der Waals surface area contributed by atoms with E-state index >= 15 is 0 Å². The van der Waals surface area contributed by atoms with Gasteiger partial charge in [0.05, 0.1) is 11.3 Å². The number of halogens is 1. The van der Waals surface area contributed by atoms with Crippen LogP contribution in [0.2, 0.25) is 0 Å². The molecule has 0 aliphatic heterocycles. The van der Waals surface area contributed by atoms with Gasteiger partial charge in [-0.3, -0.25) is 4.79 Å². The molecule has 1 amide bonds. The van der Waals surface area contributed by atoms with Gasteiger partial charge in [-0.15, -0.1) is 0 Å². The van der Waals surface area contributed by atoms with Crippen LogP contribution in [0, 0.1) is 11.3 Å². The Hall–Kier alpha value is -1.58. The lowest BCUT2D eigenvalue weighted by molar-refractivity contribution is -0.125. The number of nitrogens with two attached hydrogens (primary N) is 1. The number of aliphatic hydroxyl groups excluding tert-OH is 1. The van der Waals surface area contributed by atoms with Crippen molar-refractivity contribution < 1.29 is 9.90 Å². The summed E-state index contributed by atoms with van der Waals surface area (Å²) in [4.78, 5) is 10.6. The SMILES string of the molecule is N#Cc1ccc(Br)cc1NCC(O)C(N)=O. The maximum Gasteiger partial charge on any atom is 0.248 e. The Labute approximate surface area is 101 Å². The number of hydrogen-bond donors (Lipinski definition) is 3. The van der Waals surface area contributed by atoms with Crippen LogP contribution in [0.15, 0.2) is 22.7 Å². The Bertz CT molecular complexity index is 442. The van der Waals surface area contributed by atoms with Crippen LogP contribution in [0.1, 0.15) is 5.56 Å². The van der Waals surface area contributed by atoms with Gasteiger partial charge in [-0.05, 0) is 18.2 Å². The Balaban J connectivity index is 2.77. The Morgan fingerprint density at radius 3 is 2.94 bits per heavy atom. The lowest BCUT2D eigenvalue weighted by Gasteiger charge is -2.11. The quantitative estimate of drug-likeness (QED) is 0.753. The van der Waals surface area contributed by atoms with E-state index in [1.807, 2.05) is 6.07 Å². The van der Waals surface area contributed by atoms with Crippen LogP contribution < -0.4 is 11.1 Å². The number of nitriles is 1. The predicted octanol–water partition coefficient (Wildman–Crippen LogP) is 0.579. The van der Waals surface area contributed by atoms with Crippen LogP contribution in [-0.4, -0.2) is 23.7 Å². The summed E-state index contributed by atoms with van der Waals surface area (Å²) in [6, 6.07) is 7.04. The molecule has 0 heterocycles. The summed E-state index contributed by atoms with van der Waals surface area (Å²) in [6.07, 6.45) is -1.27. The standard InChI is InChI=1S/C10H10BrN3O2/c11-7-2-1-6(4-12)8(3-7)14-5-9(15)10(13)16/h1-3,9,14-15H,5H2,(H2,13,16). The van der Waals surface area contributed by atoms with E-state index in [1.54, 1.807) is 18.2 Å². The zero-order valence-electron chi connectivity index (χ0n) is 8.27. The second-order valence-electron chi connectivity index (χ2n) is 3.10. The lowest BCUT2D eigenvalue weighted by Crippen LogP contribution is -2.34. The van der Waals surface area contributed by atoms with Crippen LogP contribution in [-0.2, 0) is 4.79 Å². The molecule has 0 saturated carbocycles. The van der Waals surface area contributed by atoms with Crippen LogP contribution >= 0.6 is 15.9 Å². The first-order chi connectivity index (χ1) is 7.54. The molecule has 0 radical (unpaired) electrons. The highest BCUT2D eigenvalue weighted by molar-refractivity contribution is 9.10. The number of nitrogens with one attached hydrogen (secondary N) is 1. The third-order valence-corrected chi connectivity index (χ3v) is 2.41. The lowest BCUT2D eigenvalue weighted by atomic mass is 10.2. The summed E-state index contributed by atoms with van der Waals surface area (Å²) in [6.45, 7) is -0.0273. The molecule has 1 rings (SSSR count). The highest BCUT2D eigenvalue weighted by Crippen LogP contribution is 2.20. The van der Waals surface area contributed by atoms with Gasteiger partial charge in [0.2, 0.25) is 5.91 Å². The number of carbonyl (C=O) groups excluding carboxylic acids is 1. The van der Waals surface area contributed by atoms with Gasteiger partial charge in [0.1, 0.15) is 12.2 Å². The molecular weight excluding hydrogens is 274 g/mol. The highest BCUT2D eigenvalue weighted by Gasteiger charge is 2.11. The smallest absolute Gasteiger partial charge is 0.248 e. The van der Waals surface area contributed by atoms with Crippen molar-refractivity contribution in [1.82, 2.24) is 0 Å². The second-order valence-corrected chi connectivity index (χ2v) is 4.02. The molecule has 5 nitrogen and oxygen atoms in total. The summed E-state index contributed by atoms with van der Waals surface area (Å²) in [5.74, 6) is -0.805. The van der Waals surface area contributed by atoms with Crippen molar-refractivity contribution in [2.24, 2.45) is 5.73 Å². The van der Waals surface area contributed by atoms with Crippen molar-refractivity contribution in [3.63, 3.8) is 0 Å². The average Bonchev–Trinajstić information content (AvgIpc) is 2.25. The number of amides is 1. The Morgan fingerprint density at radius 1 is 1.69 bits per heavy atom. The number of anilines is 1. The maximum atomic E-state index is 10.6. The molecule has 1 aromatic rings. The molecular formula is C10H10BrN3O2. The average molecular weight is 284 g/mol. The summed E-state index contributed by atoms with van der Waals surface area (Å²) in [5, 5.41) is 20.8. The van der Waals surface area contributed by atoms with Crippen molar-refractivity contribution in [2.45, 2.75) is 6.10 Å². The van der Waals surface area contributed by atoms with Crippen LogP contribution in [0.4, 0.5) is 5.69 Å². The maximum absolute atomic E-state index is 10.6. The van der Waals surface area contributed by atoms with Crippen molar-refractivity contribution in [1.29, 1.82) is 5.26 Å². The van der Waals surface area contributed by atoms with Gasteiger partial charge in [0.15, 0.2) is 0 Å². The van der Waals surface area contributed by atoms with Gasteiger partial charge in [-0.2, -0.15) is 5.26 Å². The van der Waals surface area contributed by atoms with Gasteiger partial charge in [-0.1, -0.05) is 15.9 Å². The van der Waals surface area contributed by atoms with Crippen LogP contribution in [0.5, 0.6) is 0 Å².